The van der Waals surface area contributed by atoms with Crippen LogP contribution in [0.15, 0.2) is 30.3 Å². The highest BCUT2D eigenvalue weighted by atomic mass is 16.5. The van der Waals surface area contributed by atoms with Gasteiger partial charge in [-0.05, 0) is 12.1 Å². The summed E-state index contributed by atoms with van der Waals surface area (Å²) >= 11 is 0. The van der Waals surface area contributed by atoms with E-state index < -0.39 is 0 Å². The van der Waals surface area contributed by atoms with E-state index in [2.05, 4.69) is 4.90 Å². The first-order valence-corrected chi connectivity index (χ1v) is 4.76. The highest BCUT2D eigenvalue weighted by Gasteiger charge is 2.21. The standard InChI is InChI=1S/C11H13NO2/c13-8-11-9-14-7-6-12(11)10-4-2-1-3-5-10/h1-5,8,11H,6-7,9H2. The molecule has 1 aromatic carbocycles. The fourth-order valence-corrected chi connectivity index (χ4v) is 1.68. The Balaban J connectivity index is 2.19. The molecule has 1 aliphatic heterocycles. The molecule has 3 nitrogen and oxygen atoms in total. The molecule has 14 heavy (non-hydrogen) atoms. The molecular formula is C11H13NO2. The number of benzene rings is 1. The van der Waals surface area contributed by atoms with Crippen LogP contribution in [-0.4, -0.2) is 32.1 Å². The third kappa shape index (κ3) is 1.77. The van der Waals surface area contributed by atoms with Crippen molar-refractivity contribution < 1.29 is 9.53 Å². The van der Waals surface area contributed by atoms with Crippen molar-refractivity contribution in [3.05, 3.63) is 30.3 Å². The van der Waals surface area contributed by atoms with E-state index in [1.807, 2.05) is 30.3 Å². The predicted octanol–water partition coefficient (Wildman–Crippen LogP) is 1.09. The van der Waals surface area contributed by atoms with Gasteiger partial charge in [0.25, 0.3) is 0 Å². The van der Waals surface area contributed by atoms with Crippen LogP contribution in [0.4, 0.5) is 5.69 Å². The van der Waals surface area contributed by atoms with Crippen molar-refractivity contribution in [1.29, 1.82) is 0 Å². The smallest absolute Gasteiger partial charge is 0.144 e. The summed E-state index contributed by atoms with van der Waals surface area (Å²) in [4.78, 5) is 12.9. The van der Waals surface area contributed by atoms with Gasteiger partial charge in [-0.15, -0.1) is 0 Å². The Bertz CT molecular complexity index is 299. The van der Waals surface area contributed by atoms with Crippen molar-refractivity contribution >= 4 is 12.0 Å². The summed E-state index contributed by atoms with van der Waals surface area (Å²) < 4.78 is 5.25. The van der Waals surface area contributed by atoms with Crippen LogP contribution in [-0.2, 0) is 9.53 Å². The van der Waals surface area contributed by atoms with Crippen LogP contribution in [0.2, 0.25) is 0 Å². The van der Waals surface area contributed by atoms with Gasteiger partial charge in [-0.2, -0.15) is 0 Å². The maximum absolute atomic E-state index is 10.8. The minimum Gasteiger partial charge on any atom is -0.377 e. The van der Waals surface area contributed by atoms with E-state index >= 15 is 0 Å². The van der Waals surface area contributed by atoms with Crippen LogP contribution in [0.5, 0.6) is 0 Å². The highest BCUT2D eigenvalue weighted by Crippen LogP contribution is 2.17. The Labute approximate surface area is 83.3 Å². The Kier molecular flexibility index (Phi) is 2.79. The molecule has 1 atom stereocenters. The van der Waals surface area contributed by atoms with Crippen LogP contribution in [0.25, 0.3) is 0 Å². The molecule has 0 spiro atoms. The second-order valence-electron chi connectivity index (χ2n) is 3.31. The topological polar surface area (TPSA) is 29.5 Å². The Hall–Kier alpha value is -1.35. The number of anilines is 1. The Morgan fingerprint density at radius 2 is 2.14 bits per heavy atom. The number of nitrogens with zero attached hydrogens (tertiary/aromatic N) is 1. The summed E-state index contributed by atoms with van der Waals surface area (Å²) in [5, 5.41) is 0. The van der Waals surface area contributed by atoms with Gasteiger partial charge >= 0.3 is 0 Å². The number of carbonyl (C=O) groups is 1. The zero-order chi connectivity index (χ0) is 9.80. The van der Waals surface area contributed by atoms with Gasteiger partial charge in [-0.25, -0.2) is 0 Å². The van der Waals surface area contributed by atoms with Gasteiger partial charge in [0, 0.05) is 12.2 Å². The normalized spacial score (nSPS) is 22.0. The molecule has 3 heteroatoms. The van der Waals surface area contributed by atoms with Gasteiger partial charge in [-0.3, -0.25) is 0 Å². The van der Waals surface area contributed by atoms with Gasteiger partial charge in [0.2, 0.25) is 0 Å². The SMILES string of the molecule is O=CC1COCCN1c1ccccc1. The largest absolute Gasteiger partial charge is 0.377 e. The molecule has 1 aromatic rings. The highest BCUT2D eigenvalue weighted by molar-refractivity contribution is 5.66. The zero-order valence-electron chi connectivity index (χ0n) is 7.93. The lowest BCUT2D eigenvalue weighted by molar-refractivity contribution is -0.111. The van der Waals surface area contributed by atoms with Crippen LogP contribution < -0.4 is 4.90 Å². The number of ether oxygens (including phenoxy) is 1. The van der Waals surface area contributed by atoms with E-state index in [-0.39, 0.29) is 6.04 Å². The lowest BCUT2D eigenvalue weighted by atomic mass is 10.2. The van der Waals surface area contributed by atoms with Gasteiger partial charge < -0.3 is 14.4 Å². The maximum atomic E-state index is 10.8. The van der Waals surface area contributed by atoms with Crippen molar-refractivity contribution in [2.45, 2.75) is 6.04 Å². The van der Waals surface area contributed by atoms with E-state index in [4.69, 9.17) is 4.74 Å². The minimum atomic E-state index is -0.133. The fourth-order valence-electron chi connectivity index (χ4n) is 1.68. The molecule has 0 aliphatic carbocycles. The summed E-state index contributed by atoms with van der Waals surface area (Å²) in [5.41, 5.74) is 1.09. The molecular weight excluding hydrogens is 178 g/mol. The number of carbonyl (C=O) groups excluding carboxylic acids is 1. The number of hydrogen-bond acceptors (Lipinski definition) is 3. The van der Waals surface area contributed by atoms with Crippen LogP contribution in [0.3, 0.4) is 0 Å². The van der Waals surface area contributed by atoms with E-state index in [1.54, 1.807) is 0 Å². The zero-order valence-corrected chi connectivity index (χ0v) is 7.93. The molecule has 1 fully saturated rings. The van der Waals surface area contributed by atoms with Crippen molar-refractivity contribution in [2.24, 2.45) is 0 Å². The molecule has 0 amide bonds. The van der Waals surface area contributed by atoms with Crippen LogP contribution in [0, 0.1) is 0 Å². The minimum absolute atomic E-state index is 0.133. The molecule has 1 saturated heterocycles. The summed E-state index contributed by atoms with van der Waals surface area (Å²) in [7, 11) is 0. The number of rotatable bonds is 2. The molecule has 74 valence electrons. The maximum Gasteiger partial charge on any atom is 0.144 e. The van der Waals surface area contributed by atoms with E-state index in [9.17, 15) is 4.79 Å². The average Bonchev–Trinajstić information content (AvgIpc) is 2.30. The van der Waals surface area contributed by atoms with Crippen molar-refractivity contribution in [2.75, 3.05) is 24.7 Å². The summed E-state index contributed by atoms with van der Waals surface area (Å²) in [6.45, 7) is 1.98. The van der Waals surface area contributed by atoms with Gasteiger partial charge in [-0.1, -0.05) is 18.2 Å². The molecule has 0 saturated carbocycles. The molecule has 0 bridgehead atoms. The van der Waals surface area contributed by atoms with Crippen LogP contribution in [0.1, 0.15) is 0 Å². The monoisotopic (exact) mass is 191 g/mol. The van der Waals surface area contributed by atoms with Crippen LogP contribution >= 0.6 is 0 Å². The molecule has 1 aliphatic rings. The third-order valence-electron chi connectivity index (χ3n) is 2.41. The molecule has 1 unspecified atom stereocenters. The number of morpholine rings is 1. The fraction of sp³-hybridized carbons (Fsp3) is 0.364. The van der Waals surface area contributed by atoms with E-state index in [0.29, 0.717) is 13.2 Å². The quantitative estimate of drug-likeness (QED) is 0.655. The van der Waals surface area contributed by atoms with Crippen molar-refractivity contribution in [1.82, 2.24) is 0 Å². The van der Waals surface area contributed by atoms with Crippen molar-refractivity contribution in [3.8, 4) is 0 Å². The van der Waals surface area contributed by atoms with Gasteiger partial charge in [0.15, 0.2) is 0 Å². The number of aldehydes is 1. The second kappa shape index (κ2) is 4.24. The number of para-hydroxylation sites is 1. The molecule has 0 N–H and O–H groups in total. The first kappa shape index (κ1) is 9.21. The summed E-state index contributed by atoms with van der Waals surface area (Å²) in [6.07, 6.45) is 0.951. The molecule has 2 rings (SSSR count). The van der Waals surface area contributed by atoms with E-state index in [0.717, 1.165) is 18.5 Å². The molecule has 1 heterocycles. The van der Waals surface area contributed by atoms with Crippen molar-refractivity contribution in [3.63, 3.8) is 0 Å². The first-order chi connectivity index (χ1) is 6.92. The Morgan fingerprint density at radius 1 is 1.36 bits per heavy atom. The second-order valence-corrected chi connectivity index (χ2v) is 3.31. The third-order valence-corrected chi connectivity index (χ3v) is 2.41. The summed E-state index contributed by atoms with van der Waals surface area (Å²) in [5.74, 6) is 0. The lowest BCUT2D eigenvalue weighted by Gasteiger charge is -2.34. The van der Waals surface area contributed by atoms with E-state index in [1.165, 1.54) is 0 Å². The van der Waals surface area contributed by atoms with Gasteiger partial charge in [0.05, 0.1) is 13.2 Å². The predicted molar refractivity (Wildman–Crippen MR) is 54.5 cm³/mol. The van der Waals surface area contributed by atoms with Gasteiger partial charge in [0.1, 0.15) is 12.3 Å². The average molecular weight is 191 g/mol. The lowest BCUT2D eigenvalue weighted by Crippen LogP contribution is -2.46. The molecule has 0 aromatic heterocycles. The summed E-state index contributed by atoms with van der Waals surface area (Å²) in [6, 6.07) is 9.83. The molecule has 0 radical (unpaired) electrons. The Morgan fingerprint density at radius 3 is 2.86 bits per heavy atom. The first-order valence-electron chi connectivity index (χ1n) is 4.76. The number of hydrogen-bond donors (Lipinski definition) is 0.